The number of esters is 2. The summed E-state index contributed by atoms with van der Waals surface area (Å²) < 4.78 is 12.3. The van der Waals surface area contributed by atoms with Crippen molar-refractivity contribution < 1.29 is 19.1 Å². The molecule has 28 heavy (non-hydrogen) atoms. The lowest BCUT2D eigenvalue weighted by atomic mass is 9.45. The van der Waals surface area contributed by atoms with Crippen LogP contribution in [0.5, 0.6) is 0 Å². The van der Waals surface area contributed by atoms with Gasteiger partial charge in [-0.05, 0) is 56.1 Å². The molecule has 2 fully saturated rings. The fourth-order valence-corrected chi connectivity index (χ4v) is 6.57. The number of hydrogen-bond acceptors (Lipinski definition) is 4. The molecule has 2 spiro atoms. The highest BCUT2D eigenvalue weighted by Crippen LogP contribution is 2.71. The van der Waals surface area contributed by atoms with Crippen LogP contribution in [0.3, 0.4) is 0 Å². The first-order valence-corrected chi connectivity index (χ1v) is 10.9. The monoisotopic (exact) mass is 380 g/mol. The molecule has 0 aromatic heterocycles. The summed E-state index contributed by atoms with van der Waals surface area (Å²) in [5.74, 6) is 0.749. The van der Waals surface area contributed by atoms with Crippen LogP contribution in [-0.2, 0) is 19.1 Å². The second-order valence-corrected chi connectivity index (χ2v) is 8.79. The van der Waals surface area contributed by atoms with E-state index < -0.39 is 11.0 Å². The zero-order chi connectivity index (χ0) is 19.5. The molecule has 0 aromatic rings. The number of ether oxygens (including phenoxy) is 2. The van der Waals surface area contributed by atoms with Crippen molar-refractivity contribution in [3.05, 3.63) is 46.8 Å². The Bertz CT molecular complexity index is 873. The Kier molecular flexibility index (Phi) is 3.98. The van der Waals surface area contributed by atoms with Crippen molar-refractivity contribution in [3.63, 3.8) is 0 Å². The molecule has 6 rings (SSSR count). The Balaban J connectivity index is 1.80. The van der Waals surface area contributed by atoms with Crippen LogP contribution >= 0.6 is 0 Å². The number of allylic oxidation sites excluding steroid dienone is 3. The van der Waals surface area contributed by atoms with E-state index >= 15 is 0 Å². The first-order valence-electron chi connectivity index (χ1n) is 10.9. The summed E-state index contributed by atoms with van der Waals surface area (Å²) in [5.41, 5.74) is 1.21. The minimum atomic E-state index is -0.751. The summed E-state index contributed by atoms with van der Waals surface area (Å²) >= 11 is 0. The van der Waals surface area contributed by atoms with Gasteiger partial charge in [0.15, 0.2) is 5.60 Å². The molecule has 0 N–H and O–H groups in total. The molecular weight excluding hydrogens is 352 g/mol. The lowest BCUT2D eigenvalue weighted by molar-refractivity contribution is -0.176. The van der Waals surface area contributed by atoms with Crippen molar-refractivity contribution >= 4 is 11.9 Å². The molecule has 1 saturated carbocycles. The Hall–Kier alpha value is -2.10. The molecule has 2 heterocycles. The van der Waals surface area contributed by atoms with Crippen molar-refractivity contribution in [2.24, 2.45) is 17.3 Å². The number of fused-ring (bicyclic) bond motifs is 1. The second kappa shape index (κ2) is 6.20. The topological polar surface area (TPSA) is 52.6 Å². The van der Waals surface area contributed by atoms with E-state index in [4.69, 9.17) is 9.47 Å². The number of cyclic esters (lactones) is 1. The maximum atomic E-state index is 13.0. The van der Waals surface area contributed by atoms with Crippen molar-refractivity contribution in [1.82, 2.24) is 0 Å². The maximum absolute atomic E-state index is 13.0. The Labute approximate surface area is 166 Å². The van der Waals surface area contributed by atoms with Crippen LogP contribution in [0.15, 0.2) is 46.8 Å². The third-order valence-corrected chi connectivity index (χ3v) is 7.52. The quantitative estimate of drug-likeness (QED) is 0.650. The number of rotatable bonds is 4. The van der Waals surface area contributed by atoms with E-state index in [0.29, 0.717) is 0 Å². The number of hydrogen-bond donors (Lipinski definition) is 0. The molecule has 4 aliphatic carbocycles. The molecule has 0 amide bonds. The smallest absolute Gasteiger partial charge is 0.340 e. The molecule has 0 radical (unpaired) electrons. The van der Waals surface area contributed by atoms with Gasteiger partial charge in [0, 0.05) is 5.92 Å². The van der Waals surface area contributed by atoms with Gasteiger partial charge in [-0.15, -0.1) is 0 Å². The minimum Gasteiger partial charge on any atom is -0.449 e. The van der Waals surface area contributed by atoms with E-state index in [1.54, 1.807) is 0 Å². The van der Waals surface area contributed by atoms with Gasteiger partial charge < -0.3 is 9.47 Å². The molecule has 6 aliphatic rings. The van der Waals surface area contributed by atoms with Gasteiger partial charge >= 0.3 is 11.9 Å². The molecule has 0 aromatic carbocycles. The average molecular weight is 380 g/mol. The first-order chi connectivity index (χ1) is 13.6. The van der Waals surface area contributed by atoms with E-state index in [1.807, 2.05) is 6.08 Å². The number of unbranched alkanes of at least 4 members (excludes halogenated alkanes) is 1. The molecule has 148 valence electrons. The summed E-state index contributed by atoms with van der Waals surface area (Å²) in [7, 11) is 0. The zero-order valence-electron chi connectivity index (χ0n) is 16.8. The summed E-state index contributed by atoms with van der Waals surface area (Å²) in [5, 5.41) is 0. The molecule has 2 unspecified atom stereocenters. The van der Waals surface area contributed by atoms with Gasteiger partial charge in [-0.1, -0.05) is 44.9 Å². The van der Waals surface area contributed by atoms with Gasteiger partial charge in [0.1, 0.15) is 11.2 Å². The molecule has 4 nitrogen and oxygen atoms in total. The predicted octanol–water partition coefficient (Wildman–Crippen LogP) is 4.92. The van der Waals surface area contributed by atoms with Gasteiger partial charge in [0.05, 0.1) is 11.1 Å². The largest absolute Gasteiger partial charge is 0.449 e. The highest BCUT2D eigenvalue weighted by Gasteiger charge is 2.75. The van der Waals surface area contributed by atoms with Gasteiger partial charge in [-0.25, -0.2) is 9.59 Å². The minimum absolute atomic E-state index is 0.206. The molecule has 4 heteroatoms. The molecule has 1 saturated heterocycles. The Morgan fingerprint density at radius 1 is 1.21 bits per heavy atom. The second-order valence-electron chi connectivity index (χ2n) is 8.79. The first kappa shape index (κ1) is 18.0. The van der Waals surface area contributed by atoms with Crippen LogP contribution < -0.4 is 0 Å². The van der Waals surface area contributed by atoms with E-state index in [-0.39, 0.29) is 23.8 Å². The fraction of sp³-hybridized carbons (Fsp3) is 0.583. The fourth-order valence-electron chi connectivity index (χ4n) is 6.57. The third-order valence-electron chi connectivity index (χ3n) is 7.52. The van der Waals surface area contributed by atoms with Gasteiger partial charge in [0.2, 0.25) is 0 Å². The predicted molar refractivity (Wildman–Crippen MR) is 105 cm³/mol. The number of carbonyl (C=O) groups is 2. The molecule has 4 atom stereocenters. The molecule has 2 aliphatic heterocycles. The van der Waals surface area contributed by atoms with E-state index in [2.05, 4.69) is 32.1 Å². The highest BCUT2D eigenvalue weighted by molar-refractivity contribution is 6.00. The van der Waals surface area contributed by atoms with Crippen LogP contribution in [0.25, 0.3) is 0 Å². The lowest BCUT2D eigenvalue weighted by Gasteiger charge is -2.59. The van der Waals surface area contributed by atoms with Gasteiger partial charge in [-0.3, -0.25) is 0 Å². The molecular formula is C24H28O4. The van der Waals surface area contributed by atoms with Crippen molar-refractivity contribution in [1.29, 1.82) is 0 Å². The van der Waals surface area contributed by atoms with E-state index in [9.17, 15) is 9.59 Å². The average Bonchev–Trinajstić information content (AvgIpc) is 3.17. The standard InChI is InChI=1S/C24H28O4/c1-3-5-11-20-23-13-12-15(14-19(23)22(26)27-20)17(8-4-2)24(23)18-10-7-6-9-16(18)21(25)28-24/h6,9,11,14-15,17H,3-5,7-8,10,12-13H2,1-2H3/t15-,17?,23+,24?/m1/s1. The van der Waals surface area contributed by atoms with Crippen molar-refractivity contribution in [3.8, 4) is 0 Å². The van der Waals surface area contributed by atoms with Crippen molar-refractivity contribution in [2.45, 2.75) is 70.8 Å². The van der Waals surface area contributed by atoms with E-state index in [1.165, 1.54) is 0 Å². The van der Waals surface area contributed by atoms with Crippen molar-refractivity contribution in [2.75, 3.05) is 0 Å². The lowest BCUT2D eigenvalue weighted by Crippen LogP contribution is -2.63. The number of carbonyl (C=O) groups excluding carboxylic acids is 2. The summed E-state index contributed by atoms with van der Waals surface area (Å²) in [4.78, 5) is 25.9. The van der Waals surface area contributed by atoms with Gasteiger partial charge in [0.25, 0.3) is 0 Å². The Morgan fingerprint density at radius 3 is 2.86 bits per heavy atom. The van der Waals surface area contributed by atoms with Crippen LogP contribution in [0.4, 0.5) is 0 Å². The summed E-state index contributed by atoms with van der Waals surface area (Å²) in [6.45, 7) is 4.31. The molecule has 2 bridgehead atoms. The SMILES string of the molecule is CCCC=C1OC(=O)C2=C[C@H]3CC[C@@]12C1(OC(=O)C2=C1CCC=C2)C3CCC. The Morgan fingerprint density at radius 2 is 2.07 bits per heavy atom. The van der Waals surface area contributed by atoms with Crippen LogP contribution in [0, 0.1) is 17.3 Å². The van der Waals surface area contributed by atoms with Crippen LogP contribution in [0.1, 0.15) is 65.2 Å². The summed E-state index contributed by atoms with van der Waals surface area (Å²) in [6.07, 6.45) is 15.7. The third kappa shape index (κ3) is 1.96. The highest BCUT2D eigenvalue weighted by atomic mass is 16.6. The van der Waals surface area contributed by atoms with Gasteiger partial charge in [-0.2, -0.15) is 0 Å². The normalized spacial score (nSPS) is 39.4. The van der Waals surface area contributed by atoms with Crippen LogP contribution in [-0.4, -0.2) is 17.5 Å². The zero-order valence-corrected chi connectivity index (χ0v) is 16.8. The van der Waals surface area contributed by atoms with Crippen LogP contribution in [0.2, 0.25) is 0 Å². The summed E-state index contributed by atoms with van der Waals surface area (Å²) in [6, 6.07) is 0. The maximum Gasteiger partial charge on any atom is 0.340 e. The van der Waals surface area contributed by atoms with E-state index in [0.717, 1.165) is 73.8 Å².